The molecule has 0 unspecified atom stereocenters. The first-order valence-corrected chi connectivity index (χ1v) is 14.8. The Bertz CT molecular complexity index is 1320. The molecular weight excluding hydrogens is 560 g/mol. The lowest BCUT2D eigenvalue weighted by Gasteiger charge is -2.41. The highest BCUT2D eigenvalue weighted by Gasteiger charge is 2.65. The minimum Gasteiger partial charge on any atom is -0.351 e. The summed E-state index contributed by atoms with van der Waals surface area (Å²) in [5, 5.41) is 12.5. The number of rotatable bonds is 7. The van der Waals surface area contributed by atoms with E-state index < -0.39 is 50.5 Å². The van der Waals surface area contributed by atoms with E-state index in [1.165, 1.54) is 24.5 Å². The van der Waals surface area contributed by atoms with Gasteiger partial charge in [-0.25, -0.2) is 4.39 Å². The van der Waals surface area contributed by atoms with E-state index in [1.807, 2.05) is 6.19 Å². The number of halogens is 6. The SMILES string of the molecule is C[C@@H]1C[C@H](C(=O)N(c2ccc(S(F)(F)(F)(F)F)cc2F)[C@@H](C(=O)NC2CCCCC2)c2cccnc2)N(C#N)C1. The summed E-state index contributed by atoms with van der Waals surface area (Å²) in [5.74, 6) is -3.58. The summed E-state index contributed by atoms with van der Waals surface area (Å²) in [6, 6.07) is -0.0533. The van der Waals surface area contributed by atoms with Crippen molar-refractivity contribution in [3.8, 4) is 6.19 Å². The van der Waals surface area contributed by atoms with Crippen molar-refractivity contribution in [3.63, 3.8) is 0 Å². The second kappa shape index (κ2) is 10.2. The Labute approximate surface area is 227 Å². The fraction of sp³-hybridized carbons (Fsp3) is 0.462. The van der Waals surface area contributed by atoms with Gasteiger partial charge < -0.3 is 5.32 Å². The van der Waals surface area contributed by atoms with E-state index in [4.69, 9.17) is 0 Å². The lowest BCUT2D eigenvalue weighted by Crippen LogP contribution is -2.52. The third kappa shape index (κ3) is 6.46. The predicted molar refractivity (Wildman–Crippen MR) is 137 cm³/mol. The summed E-state index contributed by atoms with van der Waals surface area (Å²) in [6.45, 7) is 1.97. The molecule has 0 bridgehead atoms. The van der Waals surface area contributed by atoms with Crippen LogP contribution >= 0.6 is 10.2 Å². The zero-order valence-electron chi connectivity index (χ0n) is 21.6. The van der Waals surface area contributed by atoms with Crippen molar-refractivity contribution < 1.29 is 33.4 Å². The smallest absolute Gasteiger partial charge is 0.310 e. The minimum absolute atomic E-state index is 0.00106. The molecule has 218 valence electrons. The van der Waals surface area contributed by atoms with Crippen molar-refractivity contribution in [1.82, 2.24) is 15.2 Å². The highest BCUT2D eigenvalue weighted by molar-refractivity contribution is 8.45. The normalized spacial score (nSPS) is 22.5. The van der Waals surface area contributed by atoms with Gasteiger partial charge in [-0.15, -0.1) is 0 Å². The number of hydrogen-bond donors (Lipinski definition) is 1. The van der Waals surface area contributed by atoms with E-state index >= 15 is 4.39 Å². The number of pyridine rings is 1. The van der Waals surface area contributed by atoms with Crippen molar-refractivity contribution in [3.05, 3.63) is 54.1 Å². The number of anilines is 1. The van der Waals surface area contributed by atoms with Crippen molar-refractivity contribution in [2.45, 2.75) is 68.5 Å². The van der Waals surface area contributed by atoms with Gasteiger partial charge in [-0.2, -0.15) is 5.26 Å². The van der Waals surface area contributed by atoms with E-state index in [1.54, 1.807) is 6.92 Å². The third-order valence-electron chi connectivity index (χ3n) is 7.24. The fourth-order valence-corrected chi connectivity index (χ4v) is 5.99. The lowest BCUT2D eigenvalue weighted by molar-refractivity contribution is -0.128. The molecule has 0 radical (unpaired) electrons. The fourth-order valence-electron chi connectivity index (χ4n) is 5.34. The third-order valence-corrected chi connectivity index (χ3v) is 8.39. The standard InChI is InChI=1S/C26H29F6N5O2S/c1-17-12-23(36(15-17)16-33)26(39)37(22-10-9-20(13-21(22)27)40(28,29,30,31)32)24(18-6-5-11-34-14-18)25(38)35-19-7-3-2-4-8-19/h5-6,9-11,13-14,17,19,23-24H,2-4,7-8,12,15H2,1H3,(H,35,38)/t17-,23-,24-/m1/s1. The number of likely N-dealkylation sites (tertiary alicyclic amines) is 1. The number of nitriles is 1. The molecule has 2 heterocycles. The van der Waals surface area contributed by atoms with Gasteiger partial charge in [-0.1, -0.05) is 51.7 Å². The Hall–Kier alpha value is -3.47. The van der Waals surface area contributed by atoms with Crippen LogP contribution in [0.2, 0.25) is 0 Å². The van der Waals surface area contributed by atoms with E-state index in [0.29, 0.717) is 23.8 Å². The van der Waals surface area contributed by atoms with Crippen LogP contribution in [0.1, 0.15) is 57.1 Å². The summed E-state index contributed by atoms with van der Waals surface area (Å²) in [6.07, 6.45) is 8.71. The first kappa shape index (κ1) is 29.5. The van der Waals surface area contributed by atoms with Crippen LogP contribution < -0.4 is 10.2 Å². The first-order valence-electron chi connectivity index (χ1n) is 12.8. The van der Waals surface area contributed by atoms with Gasteiger partial charge in [0.2, 0.25) is 5.91 Å². The molecule has 2 amide bonds. The molecule has 1 saturated carbocycles. The van der Waals surface area contributed by atoms with E-state index in [-0.39, 0.29) is 42.6 Å². The van der Waals surface area contributed by atoms with Gasteiger partial charge in [0.1, 0.15) is 22.8 Å². The molecule has 1 aromatic carbocycles. The van der Waals surface area contributed by atoms with Crippen LogP contribution in [0.4, 0.5) is 29.5 Å². The number of nitrogens with zero attached hydrogens (tertiary/aromatic N) is 4. The van der Waals surface area contributed by atoms with Crippen LogP contribution in [0.15, 0.2) is 47.6 Å². The molecule has 3 atom stereocenters. The second-order valence-corrected chi connectivity index (χ2v) is 12.8. The van der Waals surface area contributed by atoms with Crippen LogP contribution in [0.5, 0.6) is 0 Å². The average Bonchev–Trinajstić information content (AvgIpc) is 3.27. The Kier molecular flexibility index (Phi) is 7.51. The molecule has 40 heavy (non-hydrogen) atoms. The molecule has 1 aliphatic carbocycles. The van der Waals surface area contributed by atoms with Crippen molar-refractivity contribution in [2.24, 2.45) is 5.92 Å². The number of benzene rings is 1. The van der Waals surface area contributed by atoms with Gasteiger partial charge in [-0.3, -0.25) is 24.4 Å². The molecule has 14 heteroatoms. The van der Waals surface area contributed by atoms with Crippen molar-refractivity contribution in [2.75, 3.05) is 11.4 Å². The number of carbonyl (C=O) groups excluding carboxylic acids is 2. The Morgan fingerprint density at radius 1 is 1.15 bits per heavy atom. The van der Waals surface area contributed by atoms with Gasteiger partial charge in [0.25, 0.3) is 5.91 Å². The summed E-state index contributed by atoms with van der Waals surface area (Å²) >= 11 is 0. The first-order chi connectivity index (χ1) is 18.6. The van der Waals surface area contributed by atoms with E-state index in [2.05, 4.69) is 10.3 Å². The van der Waals surface area contributed by atoms with Gasteiger partial charge in [-0.05, 0) is 49.4 Å². The minimum atomic E-state index is -10.3. The predicted octanol–water partition coefficient (Wildman–Crippen LogP) is 6.59. The molecule has 2 aromatic rings. The average molecular weight is 590 g/mol. The molecule has 1 saturated heterocycles. The summed E-state index contributed by atoms with van der Waals surface area (Å²) in [5.41, 5.74) is -0.685. The molecule has 0 spiro atoms. The highest BCUT2D eigenvalue weighted by Crippen LogP contribution is 3.02. The highest BCUT2D eigenvalue weighted by atomic mass is 32.5. The Morgan fingerprint density at radius 2 is 1.85 bits per heavy atom. The maximum atomic E-state index is 15.4. The topological polar surface area (TPSA) is 89.3 Å². The van der Waals surface area contributed by atoms with Crippen LogP contribution in [0.25, 0.3) is 0 Å². The molecular formula is C26H29F6N5O2S. The summed E-state index contributed by atoms with van der Waals surface area (Å²) in [7, 11) is -10.3. The van der Waals surface area contributed by atoms with Gasteiger partial charge >= 0.3 is 10.2 Å². The van der Waals surface area contributed by atoms with E-state index in [0.717, 1.165) is 24.2 Å². The quantitative estimate of drug-likeness (QED) is 0.291. The zero-order chi connectivity index (χ0) is 29.4. The number of carbonyl (C=O) groups is 2. The lowest BCUT2D eigenvalue weighted by atomic mass is 9.94. The largest absolute Gasteiger partial charge is 0.351 e. The van der Waals surface area contributed by atoms with Crippen molar-refractivity contribution >= 4 is 27.7 Å². The van der Waals surface area contributed by atoms with Gasteiger partial charge in [0.05, 0.1) is 5.69 Å². The molecule has 4 rings (SSSR count). The van der Waals surface area contributed by atoms with Crippen LogP contribution in [0, 0.1) is 23.2 Å². The van der Waals surface area contributed by atoms with Crippen LogP contribution in [-0.4, -0.2) is 40.3 Å². The van der Waals surface area contributed by atoms with E-state index in [9.17, 15) is 34.3 Å². The number of hydrogen-bond acceptors (Lipinski definition) is 5. The molecule has 1 aromatic heterocycles. The monoisotopic (exact) mass is 589 g/mol. The number of aromatic nitrogens is 1. The van der Waals surface area contributed by atoms with Crippen molar-refractivity contribution in [1.29, 1.82) is 5.26 Å². The zero-order valence-corrected chi connectivity index (χ0v) is 22.4. The van der Waals surface area contributed by atoms with Crippen LogP contribution in [-0.2, 0) is 9.59 Å². The molecule has 1 N–H and O–H groups in total. The summed E-state index contributed by atoms with van der Waals surface area (Å²) in [4.78, 5) is 31.1. The van der Waals surface area contributed by atoms with Gasteiger partial charge in [0, 0.05) is 30.5 Å². The molecule has 7 nitrogen and oxygen atoms in total. The maximum Gasteiger partial charge on any atom is 0.310 e. The number of nitrogens with one attached hydrogen (secondary N) is 1. The Morgan fingerprint density at radius 3 is 2.42 bits per heavy atom. The molecule has 2 aliphatic rings. The maximum absolute atomic E-state index is 15.4. The molecule has 1 aliphatic heterocycles. The summed E-state index contributed by atoms with van der Waals surface area (Å²) < 4.78 is 82.7. The second-order valence-electron chi connectivity index (χ2n) is 10.4. The number of amides is 2. The molecule has 2 fully saturated rings. The Balaban J connectivity index is 1.86. The van der Waals surface area contributed by atoms with Gasteiger partial charge in [0.15, 0.2) is 6.19 Å². The van der Waals surface area contributed by atoms with Crippen LogP contribution in [0.3, 0.4) is 0 Å².